The Morgan fingerprint density at radius 2 is 1.81 bits per heavy atom. The third-order valence-corrected chi connectivity index (χ3v) is 4.04. The number of aromatic nitrogens is 1. The van der Waals surface area contributed by atoms with Crippen LogP contribution in [-0.2, 0) is 9.31 Å². The first-order valence-electron chi connectivity index (χ1n) is 6.87. The van der Waals surface area contributed by atoms with Gasteiger partial charge in [0.1, 0.15) is 5.69 Å². The highest BCUT2D eigenvalue weighted by atomic mass is 16.7. The van der Waals surface area contributed by atoms with Crippen LogP contribution >= 0.6 is 0 Å². The van der Waals surface area contributed by atoms with Gasteiger partial charge in [0.15, 0.2) is 0 Å². The van der Waals surface area contributed by atoms with Gasteiger partial charge in [0.2, 0.25) is 0 Å². The van der Waals surface area contributed by atoms with E-state index in [9.17, 15) is 4.79 Å². The van der Waals surface area contributed by atoms with Crippen LogP contribution in [0.25, 0.3) is 6.08 Å². The second kappa shape index (κ2) is 5.28. The molecule has 1 N–H and O–H groups in total. The van der Waals surface area contributed by atoms with Gasteiger partial charge in [0.05, 0.1) is 16.9 Å². The van der Waals surface area contributed by atoms with Crippen molar-refractivity contribution in [2.45, 2.75) is 45.8 Å². The van der Waals surface area contributed by atoms with Gasteiger partial charge in [-0.1, -0.05) is 12.0 Å². The Balaban J connectivity index is 2.20. The zero-order valence-corrected chi connectivity index (χ0v) is 13.0. The Labute approximate surface area is 125 Å². The second-order valence-electron chi connectivity index (χ2n) is 6.19. The first kappa shape index (κ1) is 15.7. The number of carboxylic acids is 1. The topological polar surface area (TPSA) is 68.7 Å². The fourth-order valence-corrected chi connectivity index (χ4v) is 1.97. The normalized spacial score (nSPS) is 20.1. The molecule has 0 spiro atoms. The lowest BCUT2D eigenvalue weighted by Gasteiger charge is -2.32. The van der Waals surface area contributed by atoms with Crippen molar-refractivity contribution in [1.82, 2.24) is 4.98 Å². The van der Waals surface area contributed by atoms with E-state index in [1.54, 1.807) is 18.1 Å². The van der Waals surface area contributed by atoms with Crippen molar-refractivity contribution in [2.75, 3.05) is 0 Å². The maximum Gasteiger partial charge on any atom is 0.487 e. The summed E-state index contributed by atoms with van der Waals surface area (Å²) in [6, 6.07) is 3.23. The van der Waals surface area contributed by atoms with Crippen LogP contribution in [0.1, 0.15) is 49.4 Å². The largest absolute Gasteiger partial charge is 0.487 e. The Kier molecular flexibility index (Phi) is 3.95. The molecular weight excluding hydrogens is 269 g/mol. The van der Waals surface area contributed by atoms with E-state index in [2.05, 4.69) is 4.98 Å². The molecule has 0 saturated carbocycles. The van der Waals surface area contributed by atoms with Crippen molar-refractivity contribution in [3.63, 3.8) is 0 Å². The maximum atomic E-state index is 11.0. The van der Waals surface area contributed by atoms with Crippen molar-refractivity contribution >= 4 is 19.2 Å². The van der Waals surface area contributed by atoms with Gasteiger partial charge in [0, 0.05) is 0 Å². The molecule has 0 radical (unpaired) electrons. The van der Waals surface area contributed by atoms with Crippen molar-refractivity contribution in [2.24, 2.45) is 0 Å². The quantitative estimate of drug-likeness (QED) is 0.866. The predicted molar refractivity (Wildman–Crippen MR) is 81.0 cm³/mol. The molecule has 1 aromatic rings. The molecule has 2 rings (SSSR count). The monoisotopic (exact) mass is 289 g/mol. The highest BCUT2D eigenvalue weighted by Crippen LogP contribution is 2.37. The number of carbonyl (C=O) groups is 1. The van der Waals surface area contributed by atoms with E-state index in [1.807, 2.05) is 34.6 Å². The van der Waals surface area contributed by atoms with E-state index in [0.717, 1.165) is 5.56 Å². The average molecular weight is 289 g/mol. The van der Waals surface area contributed by atoms with Crippen LogP contribution in [0.3, 0.4) is 0 Å². The number of carboxylic acid groups (broad SMARTS) is 1. The third kappa shape index (κ3) is 3.17. The molecule has 0 amide bonds. The highest BCUT2D eigenvalue weighted by Gasteiger charge is 2.50. The van der Waals surface area contributed by atoms with Crippen molar-refractivity contribution in [1.29, 1.82) is 0 Å². The smallest absolute Gasteiger partial charge is 0.477 e. The van der Waals surface area contributed by atoms with Gasteiger partial charge in [-0.2, -0.15) is 0 Å². The van der Waals surface area contributed by atoms with Gasteiger partial charge in [-0.15, -0.1) is 0 Å². The Morgan fingerprint density at radius 1 is 1.24 bits per heavy atom. The highest BCUT2D eigenvalue weighted by molar-refractivity contribution is 6.52. The van der Waals surface area contributed by atoms with E-state index < -0.39 is 24.3 Å². The molecule has 0 aliphatic carbocycles. The summed E-state index contributed by atoms with van der Waals surface area (Å²) >= 11 is 0. The van der Waals surface area contributed by atoms with Crippen molar-refractivity contribution in [3.8, 4) is 0 Å². The SMILES string of the molecule is Cc1ccc(C(=O)O)nc1/C=C/B1OC(C)(C)C(C)(C)O1. The standard InChI is InChI=1S/C15H20BNO4/c1-10-6-7-12(13(18)19)17-11(10)8-9-16-20-14(2,3)15(4,5)21-16/h6-9H,1-5H3,(H,18,19)/b9-8+. The number of pyridine rings is 1. The molecule has 1 aromatic heterocycles. The first-order chi connectivity index (χ1) is 9.62. The minimum absolute atomic E-state index is 0.0224. The Morgan fingerprint density at radius 3 is 2.33 bits per heavy atom. The minimum Gasteiger partial charge on any atom is -0.477 e. The van der Waals surface area contributed by atoms with Gasteiger partial charge in [0.25, 0.3) is 0 Å². The molecule has 2 heterocycles. The van der Waals surface area contributed by atoms with E-state index in [-0.39, 0.29) is 5.69 Å². The van der Waals surface area contributed by atoms with Crippen LogP contribution in [0.2, 0.25) is 0 Å². The fraction of sp³-hybridized carbons (Fsp3) is 0.467. The Hall–Kier alpha value is -1.66. The van der Waals surface area contributed by atoms with Gasteiger partial charge < -0.3 is 14.4 Å². The average Bonchev–Trinajstić information content (AvgIpc) is 2.56. The lowest BCUT2D eigenvalue weighted by molar-refractivity contribution is 0.00578. The number of nitrogens with zero attached hydrogens (tertiary/aromatic N) is 1. The molecule has 5 nitrogen and oxygen atoms in total. The van der Waals surface area contributed by atoms with E-state index >= 15 is 0 Å². The molecule has 0 atom stereocenters. The third-order valence-electron chi connectivity index (χ3n) is 4.04. The molecule has 1 aliphatic heterocycles. The molecule has 112 valence electrons. The van der Waals surface area contributed by atoms with Crippen LogP contribution in [0.5, 0.6) is 0 Å². The molecular formula is C15H20BNO4. The molecule has 0 unspecified atom stereocenters. The fourth-order valence-electron chi connectivity index (χ4n) is 1.97. The number of aromatic carboxylic acids is 1. The second-order valence-corrected chi connectivity index (χ2v) is 6.19. The zero-order valence-electron chi connectivity index (χ0n) is 13.0. The van der Waals surface area contributed by atoms with E-state index in [4.69, 9.17) is 14.4 Å². The number of aryl methyl sites for hydroxylation is 1. The minimum atomic E-state index is -1.04. The van der Waals surface area contributed by atoms with Crippen LogP contribution in [0.15, 0.2) is 18.1 Å². The number of hydrogen-bond acceptors (Lipinski definition) is 4. The van der Waals surface area contributed by atoms with Gasteiger partial charge in [-0.25, -0.2) is 9.78 Å². The Bertz CT molecular complexity index is 579. The maximum absolute atomic E-state index is 11.0. The van der Waals surface area contributed by atoms with Gasteiger partial charge in [-0.05, 0) is 52.3 Å². The lowest BCUT2D eigenvalue weighted by Crippen LogP contribution is -2.41. The lowest BCUT2D eigenvalue weighted by atomic mass is 9.89. The van der Waals surface area contributed by atoms with Crippen LogP contribution in [0.4, 0.5) is 0 Å². The summed E-state index contributed by atoms with van der Waals surface area (Å²) in [5.74, 6) is 0.720. The molecule has 0 aromatic carbocycles. The van der Waals surface area contributed by atoms with E-state index in [0.29, 0.717) is 5.69 Å². The van der Waals surface area contributed by atoms with Crippen LogP contribution in [-0.4, -0.2) is 34.4 Å². The van der Waals surface area contributed by atoms with Gasteiger partial charge in [-0.3, -0.25) is 0 Å². The molecule has 1 fully saturated rings. The molecule has 21 heavy (non-hydrogen) atoms. The number of hydrogen-bond donors (Lipinski definition) is 1. The number of rotatable bonds is 3. The summed E-state index contributed by atoms with van der Waals surface area (Å²) in [7, 11) is -0.468. The predicted octanol–water partition coefficient (Wildman–Crippen LogP) is 2.73. The summed E-state index contributed by atoms with van der Waals surface area (Å²) in [6.07, 6.45) is 1.74. The summed E-state index contributed by atoms with van der Waals surface area (Å²) in [5.41, 5.74) is 0.729. The van der Waals surface area contributed by atoms with E-state index in [1.165, 1.54) is 6.07 Å². The molecule has 1 saturated heterocycles. The molecule has 1 aliphatic rings. The van der Waals surface area contributed by atoms with Crippen molar-refractivity contribution in [3.05, 3.63) is 35.1 Å². The molecule has 6 heteroatoms. The summed E-state index contributed by atoms with van der Waals surface area (Å²) in [4.78, 5) is 15.1. The first-order valence-corrected chi connectivity index (χ1v) is 6.87. The van der Waals surface area contributed by atoms with Crippen LogP contribution in [0, 0.1) is 6.92 Å². The van der Waals surface area contributed by atoms with Gasteiger partial charge >= 0.3 is 13.1 Å². The zero-order chi connectivity index (χ0) is 15.8. The van der Waals surface area contributed by atoms with Crippen LogP contribution < -0.4 is 0 Å². The summed E-state index contributed by atoms with van der Waals surface area (Å²) in [5, 5.41) is 8.98. The molecule has 0 bridgehead atoms. The summed E-state index contributed by atoms with van der Waals surface area (Å²) in [6.45, 7) is 9.80. The summed E-state index contributed by atoms with van der Waals surface area (Å²) < 4.78 is 11.7. The van der Waals surface area contributed by atoms with Crippen molar-refractivity contribution < 1.29 is 19.2 Å².